The van der Waals surface area contributed by atoms with Crippen molar-refractivity contribution < 1.29 is 9.59 Å². The van der Waals surface area contributed by atoms with Gasteiger partial charge in [-0.15, -0.1) is 0 Å². The van der Waals surface area contributed by atoms with Crippen molar-refractivity contribution in [2.45, 2.75) is 18.9 Å². The van der Waals surface area contributed by atoms with E-state index in [4.69, 9.17) is 5.73 Å². The van der Waals surface area contributed by atoms with Gasteiger partial charge in [0.05, 0.1) is 6.54 Å². The van der Waals surface area contributed by atoms with E-state index in [0.717, 1.165) is 25.9 Å². The Kier molecular flexibility index (Phi) is 4.52. The number of aromatic amines is 1. The maximum atomic E-state index is 12.5. The SMILES string of the molecule is NC(=O)CN(C(=O)c1c[nH]ccc1=O)C1CCNCC1. The molecule has 2 heterocycles. The second-order valence-electron chi connectivity index (χ2n) is 4.80. The van der Waals surface area contributed by atoms with Crippen molar-refractivity contribution in [3.63, 3.8) is 0 Å². The summed E-state index contributed by atoms with van der Waals surface area (Å²) in [5.41, 5.74) is 4.89. The van der Waals surface area contributed by atoms with Crippen molar-refractivity contribution >= 4 is 11.8 Å². The lowest BCUT2D eigenvalue weighted by Gasteiger charge is -2.33. The number of piperidine rings is 1. The summed E-state index contributed by atoms with van der Waals surface area (Å²) in [6.07, 6.45) is 4.30. The second kappa shape index (κ2) is 6.33. The van der Waals surface area contributed by atoms with Gasteiger partial charge in [0, 0.05) is 24.5 Å². The van der Waals surface area contributed by atoms with Gasteiger partial charge >= 0.3 is 0 Å². The number of primary amides is 1. The number of nitrogens with one attached hydrogen (secondary N) is 2. The van der Waals surface area contributed by atoms with Gasteiger partial charge in [-0.05, 0) is 25.9 Å². The first-order valence-electron chi connectivity index (χ1n) is 6.56. The van der Waals surface area contributed by atoms with E-state index in [9.17, 15) is 14.4 Å². The highest BCUT2D eigenvalue weighted by molar-refractivity contribution is 5.96. The van der Waals surface area contributed by atoms with Crippen molar-refractivity contribution in [1.29, 1.82) is 0 Å². The molecule has 1 aromatic rings. The molecule has 2 rings (SSSR count). The maximum Gasteiger partial charge on any atom is 0.260 e. The highest BCUT2D eigenvalue weighted by Gasteiger charge is 2.28. The summed E-state index contributed by atoms with van der Waals surface area (Å²) in [6, 6.07) is 1.22. The van der Waals surface area contributed by atoms with Crippen molar-refractivity contribution in [2.24, 2.45) is 5.73 Å². The molecule has 1 fully saturated rings. The van der Waals surface area contributed by atoms with E-state index in [1.165, 1.54) is 23.4 Å². The topological polar surface area (TPSA) is 108 Å². The van der Waals surface area contributed by atoms with Crippen LogP contribution in [0.15, 0.2) is 23.3 Å². The van der Waals surface area contributed by atoms with Crippen LogP contribution in [0, 0.1) is 0 Å². The molecule has 1 aliphatic heterocycles. The molecule has 7 heteroatoms. The molecule has 108 valence electrons. The third-order valence-corrected chi connectivity index (χ3v) is 3.39. The molecule has 0 radical (unpaired) electrons. The molecule has 0 aromatic carbocycles. The van der Waals surface area contributed by atoms with Gasteiger partial charge in [0.25, 0.3) is 5.91 Å². The zero-order valence-corrected chi connectivity index (χ0v) is 11.1. The summed E-state index contributed by atoms with van der Waals surface area (Å²) in [6.45, 7) is 1.38. The number of carbonyl (C=O) groups excluding carboxylic acids is 2. The summed E-state index contributed by atoms with van der Waals surface area (Å²) >= 11 is 0. The third kappa shape index (κ3) is 3.24. The van der Waals surface area contributed by atoms with E-state index < -0.39 is 11.8 Å². The Morgan fingerprint density at radius 3 is 2.65 bits per heavy atom. The Hall–Kier alpha value is -2.15. The summed E-state index contributed by atoms with van der Waals surface area (Å²) < 4.78 is 0. The Balaban J connectivity index is 2.26. The molecule has 1 aliphatic rings. The number of pyridine rings is 1. The van der Waals surface area contributed by atoms with Crippen LogP contribution in [0.3, 0.4) is 0 Å². The van der Waals surface area contributed by atoms with E-state index in [-0.39, 0.29) is 23.6 Å². The highest BCUT2D eigenvalue weighted by Crippen LogP contribution is 2.14. The minimum absolute atomic E-state index is 0.0345. The number of nitrogens with zero attached hydrogens (tertiary/aromatic N) is 1. The van der Waals surface area contributed by atoms with E-state index >= 15 is 0 Å². The zero-order valence-electron chi connectivity index (χ0n) is 11.1. The van der Waals surface area contributed by atoms with Crippen LogP contribution in [0.4, 0.5) is 0 Å². The van der Waals surface area contributed by atoms with Crippen molar-refractivity contribution in [3.8, 4) is 0 Å². The normalized spacial score (nSPS) is 15.8. The van der Waals surface area contributed by atoms with Gasteiger partial charge in [-0.2, -0.15) is 0 Å². The smallest absolute Gasteiger partial charge is 0.260 e. The van der Waals surface area contributed by atoms with Gasteiger partial charge in [0.2, 0.25) is 5.91 Å². The van der Waals surface area contributed by atoms with Gasteiger partial charge in [-0.25, -0.2) is 0 Å². The van der Waals surface area contributed by atoms with Crippen LogP contribution >= 0.6 is 0 Å². The number of H-pyrrole nitrogens is 1. The van der Waals surface area contributed by atoms with Crippen LogP contribution in [0.2, 0.25) is 0 Å². The number of hydrogen-bond donors (Lipinski definition) is 3. The molecule has 0 spiro atoms. The maximum absolute atomic E-state index is 12.5. The average molecular weight is 278 g/mol. The lowest BCUT2D eigenvalue weighted by molar-refractivity contribution is -0.119. The predicted octanol–water partition coefficient (Wildman–Crippen LogP) is -0.946. The Bertz CT molecular complexity index is 549. The van der Waals surface area contributed by atoms with E-state index in [1.54, 1.807) is 0 Å². The lowest BCUT2D eigenvalue weighted by atomic mass is 10.0. The van der Waals surface area contributed by atoms with E-state index in [1.807, 2.05) is 0 Å². The molecule has 0 atom stereocenters. The number of nitrogens with two attached hydrogens (primary N) is 1. The highest BCUT2D eigenvalue weighted by atomic mass is 16.2. The van der Waals surface area contributed by atoms with Gasteiger partial charge in [-0.1, -0.05) is 0 Å². The average Bonchev–Trinajstić information content (AvgIpc) is 2.45. The molecule has 4 N–H and O–H groups in total. The van der Waals surface area contributed by atoms with Gasteiger partial charge < -0.3 is 20.9 Å². The van der Waals surface area contributed by atoms with Gasteiger partial charge in [-0.3, -0.25) is 14.4 Å². The van der Waals surface area contributed by atoms with Gasteiger partial charge in [0.15, 0.2) is 5.43 Å². The fourth-order valence-electron chi connectivity index (χ4n) is 2.39. The predicted molar refractivity (Wildman–Crippen MR) is 73.2 cm³/mol. The van der Waals surface area contributed by atoms with Crippen molar-refractivity contribution in [2.75, 3.05) is 19.6 Å². The minimum Gasteiger partial charge on any atom is -0.368 e. The molecule has 1 saturated heterocycles. The molecule has 0 unspecified atom stereocenters. The first-order valence-corrected chi connectivity index (χ1v) is 6.56. The number of rotatable bonds is 4. The number of amides is 2. The minimum atomic E-state index is -0.579. The van der Waals surface area contributed by atoms with Crippen LogP contribution in [0.5, 0.6) is 0 Å². The number of carbonyl (C=O) groups is 2. The molecule has 7 nitrogen and oxygen atoms in total. The first kappa shape index (κ1) is 14.3. The van der Waals surface area contributed by atoms with Crippen LogP contribution < -0.4 is 16.5 Å². The standard InChI is InChI=1S/C13H18N4O3/c14-12(19)8-17(9-1-4-15-5-2-9)13(20)10-7-16-6-3-11(10)18/h3,6-7,9,15H,1-2,4-5,8H2,(H2,14,19)(H,16,18). The van der Waals surface area contributed by atoms with Crippen LogP contribution in [0.25, 0.3) is 0 Å². The summed E-state index contributed by atoms with van der Waals surface area (Å²) in [5, 5.41) is 3.19. The molecule has 0 bridgehead atoms. The second-order valence-corrected chi connectivity index (χ2v) is 4.80. The van der Waals surface area contributed by atoms with Crippen LogP contribution in [-0.2, 0) is 4.79 Å². The quantitative estimate of drug-likeness (QED) is 0.660. The number of aromatic nitrogens is 1. The molecular formula is C13H18N4O3. The molecular weight excluding hydrogens is 260 g/mol. The Labute approximate surface area is 116 Å². The van der Waals surface area contributed by atoms with Crippen LogP contribution in [-0.4, -0.2) is 47.4 Å². The monoisotopic (exact) mass is 278 g/mol. The fraction of sp³-hybridized carbons (Fsp3) is 0.462. The van der Waals surface area contributed by atoms with E-state index in [2.05, 4.69) is 10.3 Å². The summed E-state index contributed by atoms with van der Waals surface area (Å²) in [4.78, 5) is 39.5. The Morgan fingerprint density at radius 2 is 2.05 bits per heavy atom. The molecule has 20 heavy (non-hydrogen) atoms. The van der Waals surface area contributed by atoms with Crippen molar-refractivity contribution in [1.82, 2.24) is 15.2 Å². The summed E-state index contributed by atoms with van der Waals surface area (Å²) in [5.74, 6) is -1.03. The zero-order chi connectivity index (χ0) is 14.5. The fourth-order valence-corrected chi connectivity index (χ4v) is 2.39. The molecule has 2 amide bonds. The number of hydrogen-bond acceptors (Lipinski definition) is 4. The molecule has 1 aromatic heterocycles. The molecule has 0 saturated carbocycles. The third-order valence-electron chi connectivity index (χ3n) is 3.39. The van der Waals surface area contributed by atoms with Gasteiger partial charge in [0.1, 0.15) is 5.56 Å². The van der Waals surface area contributed by atoms with Crippen molar-refractivity contribution in [3.05, 3.63) is 34.2 Å². The van der Waals surface area contributed by atoms with E-state index in [0.29, 0.717) is 0 Å². The summed E-state index contributed by atoms with van der Waals surface area (Å²) in [7, 11) is 0. The first-order chi connectivity index (χ1) is 9.59. The lowest BCUT2D eigenvalue weighted by Crippen LogP contribution is -2.50. The largest absolute Gasteiger partial charge is 0.368 e. The van der Waals surface area contributed by atoms with Crippen LogP contribution in [0.1, 0.15) is 23.2 Å². The Morgan fingerprint density at radius 1 is 1.35 bits per heavy atom. The molecule has 0 aliphatic carbocycles.